The van der Waals surface area contributed by atoms with Gasteiger partial charge in [-0.2, -0.15) is 0 Å². The van der Waals surface area contributed by atoms with Gasteiger partial charge in [-0.1, -0.05) is 29.8 Å². The van der Waals surface area contributed by atoms with Gasteiger partial charge in [0, 0.05) is 52.0 Å². The third-order valence-electron chi connectivity index (χ3n) is 5.20. The maximum atomic E-state index is 12.6. The van der Waals surface area contributed by atoms with E-state index in [4.69, 9.17) is 0 Å². The summed E-state index contributed by atoms with van der Waals surface area (Å²) in [6, 6.07) is 10.3. The summed E-state index contributed by atoms with van der Waals surface area (Å²) in [6.45, 7) is 4.79. The average molecular weight is 367 g/mol. The fourth-order valence-corrected chi connectivity index (χ4v) is 3.53. The molecule has 0 aliphatic carbocycles. The highest BCUT2D eigenvalue weighted by atomic mass is 16.2. The minimum absolute atomic E-state index is 0.148. The second kappa shape index (κ2) is 8.89. The highest BCUT2D eigenvalue weighted by Gasteiger charge is 2.22. The van der Waals surface area contributed by atoms with E-state index in [2.05, 4.69) is 31.2 Å². The van der Waals surface area contributed by atoms with E-state index in [1.165, 1.54) is 11.1 Å². The molecule has 0 atom stereocenters. The number of aryl methyl sites for hydroxylation is 3. The molecule has 1 aromatic heterocycles. The molecule has 1 aliphatic heterocycles. The summed E-state index contributed by atoms with van der Waals surface area (Å²) in [7, 11) is 1.96. The molecule has 0 unspecified atom stereocenters. The van der Waals surface area contributed by atoms with E-state index < -0.39 is 0 Å². The molecule has 27 heavy (non-hydrogen) atoms. The van der Waals surface area contributed by atoms with Gasteiger partial charge in [-0.15, -0.1) is 0 Å². The molecule has 5 heteroatoms. The van der Waals surface area contributed by atoms with Crippen LogP contribution in [0.4, 0.5) is 0 Å². The number of hydrogen-bond acceptors (Lipinski definition) is 2. The molecule has 144 valence electrons. The van der Waals surface area contributed by atoms with Crippen molar-refractivity contribution in [2.24, 2.45) is 7.05 Å². The van der Waals surface area contributed by atoms with Crippen molar-refractivity contribution >= 4 is 11.8 Å². The molecule has 0 bridgehead atoms. The molecule has 0 radical (unpaired) electrons. The molecule has 1 saturated heterocycles. The highest BCUT2D eigenvalue weighted by molar-refractivity contribution is 5.79. The fourth-order valence-electron chi connectivity index (χ4n) is 3.53. The van der Waals surface area contributed by atoms with Crippen molar-refractivity contribution in [3.05, 3.63) is 59.4 Å². The molecule has 1 fully saturated rings. The molecule has 2 amide bonds. The normalized spacial score (nSPS) is 14.9. The first kappa shape index (κ1) is 19.2. The number of nitrogens with zero attached hydrogens (tertiary/aromatic N) is 3. The molecule has 2 aromatic rings. The first-order valence-corrected chi connectivity index (χ1v) is 9.73. The smallest absolute Gasteiger partial charge is 0.227 e. The summed E-state index contributed by atoms with van der Waals surface area (Å²) in [5, 5.41) is 0. The number of hydrogen-bond donors (Lipinski definition) is 0. The van der Waals surface area contributed by atoms with Crippen LogP contribution in [0.15, 0.2) is 42.7 Å². The van der Waals surface area contributed by atoms with Crippen molar-refractivity contribution in [2.75, 3.05) is 26.2 Å². The third-order valence-corrected chi connectivity index (χ3v) is 5.20. The quantitative estimate of drug-likeness (QED) is 0.815. The maximum absolute atomic E-state index is 12.6. The van der Waals surface area contributed by atoms with Gasteiger partial charge < -0.3 is 14.4 Å². The Hall–Kier alpha value is -2.56. The molecule has 1 aromatic carbocycles. The van der Waals surface area contributed by atoms with E-state index >= 15 is 0 Å². The summed E-state index contributed by atoms with van der Waals surface area (Å²) >= 11 is 0. The minimum atomic E-state index is 0.148. The molecule has 5 nitrogen and oxygen atoms in total. The molecule has 0 N–H and O–H groups in total. The standard InChI is InChI=1S/C22H29N3O2/c1-18-4-6-19(7-5-18)8-9-21(26)24-11-3-12-25(15-14-24)22(27)16-20-10-13-23(2)17-20/h4-7,10,13,17H,3,8-9,11-12,14-16H2,1-2H3. The zero-order valence-corrected chi connectivity index (χ0v) is 16.4. The van der Waals surface area contributed by atoms with Crippen molar-refractivity contribution in [1.82, 2.24) is 14.4 Å². The Kier molecular flexibility index (Phi) is 6.32. The van der Waals surface area contributed by atoms with Gasteiger partial charge in [0.2, 0.25) is 11.8 Å². The largest absolute Gasteiger partial charge is 0.357 e. The van der Waals surface area contributed by atoms with E-state index in [0.29, 0.717) is 25.9 Å². The van der Waals surface area contributed by atoms with Crippen LogP contribution >= 0.6 is 0 Å². The van der Waals surface area contributed by atoms with Crippen LogP contribution in [0.25, 0.3) is 0 Å². The maximum Gasteiger partial charge on any atom is 0.227 e. The fraction of sp³-hybridized carbons (Fsp3) is 0.455. The van der Waals surface area contributed by atoms with Crippen LogP contribution in [0.2, 0.25) is 0 Å². The van der Waals surface area contributed by atoms with E-state index in [0.717, 1.165) is 31.5 Å². The van der Waals surface area contributed by atoms with Gasteiger partial charge in [0.1, 0.15) is 0 Å². The van der Waals surface area contributed by atoms with Crippen molar-refractivity contribution in [2.45, 2.75) is 32.6 Å². The second-order valence-electron chi connectivity index (χ2n) is 7.46. The zero-order valence-electron chi connectivity index (χ0n) is 16.4. The Labute approximate surface area is 161 Å². The van der Waals surface area contributed by atoms with Crippen molar-refractivity contribution in [3.8, 4) is 0 Å². The summed E-state index contributed by atoms with van der Waals surface area (Å²) in [4.78, 5) is 29.0. The molecule has 1 aliphatic rings. The number of carbonyl (C=O) groups is 2. The number of benzene rings is 1. The van der Waals surface area contributed by atoms with Crippen LogP contribution in [0.3, 0.4) is 0 Å². The van der Waals surface area contributed by atoms with E-state index in [1.54, 1.807) is 0 Å². The first-order valence-electron chi connectivity index (χ1n) is 9.73. The molecule has 0 saturated carbocycles. The Morgan fingerprint density at radius 1 is 0.889 bits per heavy atom. The third kappa shape index (κ3) is 5.46. The lowest BCUT2D eigenvalue weighted by atomic mass is 10.1. The van der Waals surface area contributed by atoms with Crippen molar-refractivity contribution in [1.29, 1.82) is 0 Å². The summed E-state index contributed by atoms with van der Waals surface area (Å²) < 4.78 is 1.96. The van der Waals surface area contributed by atoms with E-state index in [-0.39, 0.29) is 11.8 Å². The topological polar surface area (TPSA) is 45.6 Å². The Balaban J connectivity index is 1.47. The van der Waals surface area contributed by atoms with Crippen LogP contribution in [0.5, 0.6) is 0 Å². The van der Waals surface area contributed by atoms with Crippen molar-refractivity contribution in [3.63, 3.8) is 0 Å². The van der Waals surface area contributed by atoms with Crippen LogP contribution in [0.1, 0.15) is 29.5 Å². The Morgan fingerprint density at radius 2 is 1.56 bits per heavy atom. The van der Waals surface area contributed by atoms with E-state index in [9.17, 15) is 9.59 Å². The molecule has 2 heterocycles. The van der Waals surface area contributed by atoms with E-state index in [1.807, 2.05) is 39.9 Å². The van der Waals surface area contributed by atoms with Crippen LogP contribution in [-0.4, -0.2) is 52.4 Å². The lowest BCUT2D eigenvalue weighted by Gasteiger charge is -2.22. The lowest BCUT2D eigenvalue weighted by Crippen LogP contribution is -2.38. The molecule has 0 spiro atoms. The van der Waals surface area contributed by atoms with Gasteiger partial charge in [-0.05, 0) is 37.0 Å². The number of carbonyl (C=O) groups excluding carboxylic acids is 2. The summed E-state index contributed by atoms with van der Waals surface area (Å²) in [5.74, 6) is 0.336. The SMILES string of the molecule is Cc1ccc(CCC(=O)N2CCCN(C(=O)Cc3ccn(C)c3)CC2)cc1. The molecule has 3 rings (SSSR count). The predicted octanol–water partition coefficient (Wildman–Crippen LogP) is 2.57. The average Bonchev–Trinajstić information content (AvgIpc) is 2.92. The molecular weight excluding hydrogens is 338 g/mol. The van der Waals surface area contributed by atoms with Gasteiger partial charge in [0.15, 0.2) is 0 Å². The second-order valence-corrected chi connectivity index (χ2v) is 7.46. The number of rotatable bonds is 5. The predicted molar refractivity (Wildman–Crippen MR) is 106 cm³/mol. The van der Waals surface area contributed by atoms with Gasteiger partial charge in [0.05, 0.1) is 6.42 Å². The van der Waals surface area contributed by atoms with Crippen LogP contribution in [-0.2, 0) is 29.5 Å². The zero-order chi connectivity index (χ0) is 19.2. The minimum Gasteiger partial charge on any atom is -0.357 e. The summed E-state index contributed by atoms with van der Waals surface area (Å²) in [5.41, 5.74) is 3.47. The summed E-state index contributed by atoms with van der Waals surface area (Å²) in [6.07, 6.45) is 6.52. The van der Waals surface area contributed by atoms with Crippen molar-refractivity contribution < 1.29 is 9.59 Å². The van der Waals surface area contributed by atoms with Gasteiger partial charge in [-0.25, -0.2) is 0 Å². The Bertz CT molecular complexity index is 779. The van der Waals surface area contributed by atoms with Gasteiger partial charge >= 0.3 is 0 Å². The number of aromatic nitrogens is 1. The lowest BCUT2D eigenvalue weighted by molar-refractivity contribution is -0.133. The highest BCUT2D eigenvalue weighted by Crippen LogP contribution is 2.11. The first-order chi connectivity index (χ1) is 13.0. The van der Waals surface area contributed by atoms with Crippen LogP contribution < -0.4 is 0 Å². The monoisotopic (exact) mass is 367 g/mol. The number of amides is 2. The van der Waals surface area contributed by atoms with Crippen LogP contribution in [0, 0.1) is 6.92 Å². The Morgan fingerprint density at radius 3 is 2.19 bits per heavy atom. The molecular formula is C22H29N3O2. The van der Waals surface area contributed by atoms with Gasteiger partial charge in [-0.3, -0.25) is 9.59 Å². The van der Waals surface area contributed by atoms with Gasteiger partial charge in [0.25, 0.3) is 0 Å².